The number of ether oxygens (including phenoxy) is 1. The maximum Gasteiger partial charge on any atom is 0.314 e. The van der Waals surface area contributed by atoms with E-state index in [9.17, 15) is 13.6 Å². The van der Waals surface area contributed by atoms with E-state index >= 15 is 0 Å². The lowest BCUT2D eigenvalue weighted by Crippen LogP contribution is -2.38. The fraction of sp³-hybridized carbons (Fsp3) is 0.375. The van der Waals surface area contributed by atoms with E-state index in [-0.39, 0.29) is 24.9 Å². The molecule has 130 valence electrons. The molecule has 0 bridgehead atoms. The molecule has 5 nitrogen and oxygen atoms in total. The van der Waals surface area contributed by atoms with E-state index in [0.29, 0.717) is 6.54 Å². The van der Waals surface area contributed by atoms with E-state index in [0.717, 1.165) is 35.7 Å². The summed E-state index contributed by atoms with van der Waals surface area (Å²) in [4.78, 5) is 15.9. The number of nitrogens with zero attached hydrogens (tertiary/aromatic N) is 1. The molecule has 8 heteroatoms. The number of nitrogens with one attached hydrogen (secondary N) is 2. The highest BCUT2D eigenvalue weighted by molar-refractivity contribution is 7.09. The normalized spacial score (nSPS) is 10.5. The fourth-order valence-corrected chi connectivity index (χ4v) is 2.76. The third-order valence-corrected chi connectivity index (χ3v) is 4.09. The highest BCUT2D eigenvalue weighted by Gasteiger charge is 2.05. The van der Waals surface area contributed by atoms with Gasteiger partial charge in [-0.2, -0.15) is 0 Å². The minimum Gasteiger partial charge on any atom is -0.489 e. The Balaban J connectivity index is 1.54. The summed E-state index contributed by atoms with van der Waals surface area (Å²) in [5.41, 5.74) is 1.01. The number of urea groups is 1. The molecule has 0 aliphatic rings. The zero-order valence-corrected chi connectivity index (χ0v) is 14.1. The van der Waals surface area contributed by atoms with Crippen molar-refractivity contribution in [2.24, 2.45) is 0 Å². The Kier molecular flexibility index (Phi) is 6.92. The summed E-state index contributed by atoms with van der Waals surface area (Å²) in [7, 11) is 0. The van der Waals surface area contributed by atoms with Crippen LogP contribution in [0.4, 0.5) is 13.6 Å². The highest BCUT2D eigenvalue weighted by atomic mass is 32.1. The first-order chi connectivity index (χ1) is 11.5. The molecule has 0 spiro atoms. The van der Waals surface area contributed by atoms with Crippen molar-refractivity contribution in [2.75, 3.05) is 19.7 Å². The van der Waals surface area contributed by atoms with Crippen LogP contribution >= 0.6 is 11.3 Å². The van der Waals surface area contributed by atoms with Gasteiger partial charge in [0.2, 0.25) is 0 Å². The first-order valence-corrected chi connectivity index (χ1v) is 8.43. The molecule has 0 unspecified atom stereocenters. The van der Waals surface area contributed by atoms with Crippen LogP contribution in [0.1, 0.15) is 17.1 Å². The number of aromatic nitrogens is 1. The van der Waals surface area contributed by atoms with Crippen LogP contribution in [0, 0.1) is 18.6 Å². The molecule has 0 atom stereocenters. The Morgan fingerprint density at radius 3 is 2.79 bits per heavy atom. The Labute approximate surface area is 143 Å². The molecular formula is C16H19F2N3O2S. The molecule has 2 rings (SSSR count). The van der Waals surface area contributed by atoms with Gasteiger partial charge in [0.25, 0.3) is 0 Å². The summed E-state index contributed by atoms with van der Waals surface area (Å²) in [5.74, 6) is -1.47. The van der Waals surface area contributed by atoms with Gasteiger partial charge in [0.1, 0.15) is 12.4 Å². The monoisotopic (exact) mass is 355 g/mol. The average Bonchev–Trinajstić information content (AvgIpc) is 2.95. The molecule has 1 aromatic carbocycles. The number of hydrogen-bond acceptors (Lipinski definition) is 4. The molecule has 1 aromatic heterocycles. The van der Waals surface area contributed by atoms with Crippen molar-refractivity contribution < 1.29 is 18.3 Å². The molecule has 2 amide bonds. The molecule has 1 heterocycles. The fourth-order valence-electron chi connectivity index (χ4n) is 1.94. The second kappa shape index (κ2) is 9.17. The Hall–Kier alpha value is -2.22. The Morgan fingerprint density at radius 2 is 2.08 bits per heavy atom. The van der Waals surface area contributed by atoms with Crippen LogP contribution in [0.15, 0.2) is 23.6 Å². The van der Waals surface area contributed by atoms with Gasteiger partial charge in [-0.3, -0.25) is 0 Å². The van der Waals surface area contributed by atoms with Crippen LogP contribution in [0.2, 0.25) is 0 Å². The van der Waals surface area contributed by atoms with E-state index < -0.39 is 11.6 Å². The smallest absolute Gasteiger partial charge is 0.314 e. The molecule has 2 N–H and O–H groups in total. The quantitative estimate of drug-likeness (QED) is 0.716. The average molecular weight is 355 g/mol. The van der Waals surface area contributed by atoms with E-state index in [1.807, 2.05) is 12.3 Å². The summed E-state index contributed by atoms with van der Waals surface area (Å²) >= 11 is 1.62. The van der Waals surface area contributed by atoms with Gasteiger partial charge in [0, 0.05) is 30.1 Å². The number of carbonyl (C=O) groups is 1. The number of amides is 2. The Bertz CT molecular complexity index is 679. The number of hydrogen-bond donors (Lipinski definition) is 2. The number of rotatable bonds is 8. The maximum absolute atomic E-state index is 13.3. The number of carbonyl (C=O) groups excluding carboxylic acids is 1. The van der Waals surface area contributed by atoms with Gasteiger partial charge in [0.05, 0.1) is 11.6 Å². The third-order valence-electron chi connectivity index (χ3n) is 3.06. The highest BCUT2D eigenvalue weighted by Crippen LogP contribution is 2.17. The topological polar surface area (TPSA) is 63.2 Å². The molecule has 2 aromatic rings. The molecule has 24 heavy (non-hydrogen) atoms. The van der Waals surface area contributed by atoms with Crippen LogP contribution in [-0.4, -0.2) is 30.7 Å². The molecule has 0 radical (unpaired) electrons. The van der Waals surface area contributed by atoms with Crippen LogP contribution in [-0.2, 0) is 6.42 Å². The number of thiazole rings is 1. The standard InChI is InChI=1S/C16H19F2N3O2S/c1-11-10-24-15(21-11)3-2-6-19-16(22)20-7-8-23-14-5-4-12(17)9-13(14)18/h4-5,9-10H,2-3,6-8H2,1H3,(H2,19,20,22). The van der Waals surface area contributed by atoms with Crippen LogP contribution in [0.5, 0.6) is 5.75 Å². The van der Waals surface area contributed by atoms with Crippen molar-refractivity contribution in [1.29, 1.82) is 0 Å². The summed E-state index contributed by atoms with van der Waals surface area (Å²) in [6.45, 7) is 2.80. The predicted octanol–water partition coefficient (Wildman–Crippen LogP) is 3.04. The predicted molar refractivity (Wildman–Crippen MR) is 88.4 cm³/mol. The van der Waals surface area contributed by atoms with Gasteiger partial charge in [-0.15, -0.1) is 11.3 Å². The number of halogens is 2. The van der Waals surface area contributed by atoms with Crippen molar-refractivity contribution in [3.63, 3.8) is 0 Å². The molecule has 0 aliphatic heterocycles. The largest absolute Gasteiger partial charge is 0.489 e. The first kappa shape index (κ1) is 18.1. The second-order valence-electron chi connectivity index (χ2n) is 5.09. The van der Waals surface area contributed by atoms with E-state index in [2.05, 4.69) is 15.6 Å². The minimum atomic E-state index is -0.767. The van der Waals surface area contributed by atoms with Crippen molar-refractivity contribution >= 4 is 17.4 Å². The van der Waals surface area contributed by atoms with Crippen molar-refractivity contribution in [3.05, 3.63) is 45.9 Å². The maximum atomic E-state index is 13.3. The van der Waals surface area contributed by atoms with Crippen LogP contribution in [0.3, 0.4) is 0 Å². The molecule has 0 aliphatic carbocycles. The third kappa shape index (κ3) is 6.11. The number of aryl methyl sites for hydroxylation is 2. The van der Waals surface area contributed by atoms with Gasteiger partial charge in [-0.05, 0) is 25.5 Å². The van der Waals surface area contributed by atoms with E-state index in [4.69, 9.17) is 4.74 Å². The lowest BCUT2D eigenvalue weighted by Gasteiger charge is -2.09. The molecule has 0 saturated heterocycles. The zero-order chi connectivity index (χ0) is 17.4. The van der Waals surface area contributed by atoms with E-state index in [1.54, 1.807) is 11.3 Å². The minimum absolute atomic E-state index is 0.0441. The summed E-state index contributed by atoms with van der Waals surface area (Å²) in [6.07, 6.45) is 1.63. The molecule has 0 saturated carbocycles. The van der Waals surface area contributed by atoms with Crippen LogP contribution < -0.4 is 15.4 Å². The van der Waals surface area contributed by atoms with Crippen molar-refractivity contribution in [3.8, 4) is 5.75 Å². The lowest BCUT2D eigenvalue weighted by atomic mass is 10.3. The molecular weight excluding hydrogens is 336 g/mol. The van der Waals surface area contributed by atoms with Gasteiger partial charge < -0.3 is 15.4 Å². The first-order valence-electron chi connectivity index (χ1n) is 7.55. The SMILES string of the molecule is Cc1csc(CCCNC(=O)NCCOc2ccc(F)cc2F)n1. The Morgan fingerprint density at radius 1 is 1.29 bits per heavy atom. The summed E-state index contributed by atoms with van der Waals surface area (Å²) in [6, 6.07) is 2.76. The van der Waals surface area contributed by atoms with Gasteiger partial charge >= 0.3 is 6.03 Å². The van der Waals surface area contributed by atoms with Crippen molar-refractivity contribution in [1.82, 2.24) is 15.6 Å². The molecule has 0 fully saturated rings. The zero-order valence-electron chi connectivity index (χ0n) is 13.3. The van der Waals surface area contributed by atoms with Crippen molar-refractivity contribution in [2.45, 2.75) is 19.8 Å². The lowest BCUT2D eigenvalue weighted by molar-refractivity contribution is 0.235. The second-order valence-corrected chi connectivity index (χ2v) is 6.03. The summed E-state index contributed by atoms with van der Waals surface area (Å²) < 4.78 is 31.2. The van der Waals surface area contributed by atoms with Gasteiger partial charge in [-0.1, -0.05) is 0 Å². The van der Waals surface area contributed by atoms with Gasteiger partial charge in [0.15, 0.2) is 11.6 Å². The number of benzene rings is 1. The van der Waals surface area contributed by atoms with E-state index in [1.165, 1.54) is 6.07 Å². The van der Waals surface area contributed by atoms with Gasteiger partial charge in [-0.25, -0.2) is 18.6 Å². The van der Waals surface area contributed by atoms with Crippen LogP contribution in [0.25, 0.3) is 0 Å². The summed E-state index contributed by atoms with van der Waals surface area (Å²) in [5, 5.41) is 8.39.